The van der Waals surface area contributed by atoms with Gasteiger partial charge >= 0.3 is 0 Å². The summed E-state index contributed by atoms with van der Waals surface area (Å²) in [6.07, 6.45) is 1.57. The minimum absolute atomic E-state index is 0.0685. The molecule has 9 heteroatoms. The third-order valence-electron chi connectivity index (χ3n) is 3.52. The molecule has 0 aliphatic heterocycles. The molecule has 3 rings (SSSR count). The number of anilines is 1. The van der Waals surface area contributed by atoms with Gasteiger partial charge in [0.15, 0.2) is 0 Å². The fourth-order valence-electron chi connectivity index (χ4n) is 2.10. The smallest absolute Gasteiger partial charge is 0.277 e. The number of aryl methyl sites for hydroxylation is 2. The molecular weight excluding hydrogens is 328 g/mol. The van der Waals surface area contributed by atoms with Gasteiger partial charge in [-0.25, -0.2) is 4.68 Å². The van der Waals surface area contributed by atoms with Gasteiger partial charge in [-0.1, -0.05) is 17.8 Å². The van der Waals surface area contributed by atoms with Crippen LogP contribution in [0.1, 0.15) is 11.1 Å². The zero-order chi connectivity index (χ0) is 17.3. The number of nitrogen functional groups attached to an aromatic ring is 1. The molecule has 0 aliphatic carbocycles. The van der Waals surface area contributed by atoms with E-state index in [2.05, 4.69) is 15.3 Å². The van der Waals surface area contributed by atoms with E-state index >= 15 is 0 Å². The Balaban J connectivity index is 1.89. The molecule has 0 bridgehead atoms. The lowest BCUT2D eigenvalue weighted by atomic mass is 10.1. The largest absolute Gasteiger partial charge is 0.411 e. The summed E-state index contributed by atoms with van der Waals surface area (Å²) in [6.45, 7) is 4.07. The lowest BCUT2D eigenvalue weighted by Crippen LogP contribution is -2.12. The van der Waals surface area contributed by atoms with E-state index < -0.39 is 5.91 Å². The molecule has 0 atom stereocenters. The second-order valence-corrected chi connectivity index (χ2v) is 6.18. The maximum Gasteiger partial charge on any atom is 0.277 e. The molecule has 1 aromatic carbocycles. The van der Waals surface area contributed by atoms with E-state index in [4.69, 9.17) is 15.9 Å². The van der Waals surface area contributed by atoms with Gasteiger partial charge in [-0.05, 0) is 37.1 Å². The number of carbonyl (C=O) groups excluding carboxylic acids is 1. The van der Waals surface area contributed by atoms with Crippen molar-refractivity contribution in [3.8, 4) is 17.1 Å². The van der Waals surface area contributed by atoms with E-state index in [9.17, 15) is 4.79 Å². The molecule has 0 fully saturated rings. The second kappa shape index (κ2) is 6.36. The summed E-state index contributed by atoms with van der Waals surface area (Å²) in [4.78, 5) is 10.8. The number of amides is 1. The Morgan fingerprint density at radius 3 is 2.79 bits per heavy atom. The van der Waals surface area contributed by atoms with Crippen molar-refractivity contribution in [3.63, 3.8) is 0 Å². The molecule has 124 valence electrons. The molecule has 2 aromatic heterocycles. The van der Waals surface area contributed by atoms with Gasteiger partial charge in [0.25, 0.3) is 11.1 Å². The van der Waals surface area contributed by atoms with Gasteiger partial charge in [-0.15, -0.1) is 10.2 Å². The molecule has 1 amide bonds. The van der Waals surface area contributed by atoms with Crippen LogP contribution in [0.15, 0.2) is 34.0 Å². The summed E-state index contributed by atoms with van der Waals surface area (Å²) < 4.78 is 7.11. The predicted octanol–water partition coefficient (Wildman–Crippen LogP) is 1.70. The van der Waals surface area contributed by atoms with E-state index in [1.54, 1.807) is 10.9 Å². The van der Waals surface area contributed by atoms with Crippen LogP contribution in [0.5, 0.6) is 0 Å². The second-order valence-electron chi connectivity index (χ2n) is 5.25. The zero-order valence-electron chi connectivity index (χ0n) is 13.2. The van der Waals surface area contributed by atoms with Gasteiger partial charge in [-0.3, -0.25) is 4.79 Å². The number of nitrogens with two attached hydrogens (primary N) is 2. The van der Waals surface area contributed by atoms with Gasteiger partial charge in [0.2, 0.25) is 5.91 Å². The Labute approximate surface area is 142 Å². The third kappa shape index (κ3) is 3.11. The summed E-state index contributed by atoms with van der Waals surface area (Å²) in [5, 5.41) is 12.4. The normalized spacial score (nSPS) is 10.9. The van der Waals surface area contributed by atoms with Crippen molar-refractivity contribution in [2.45, 2.75) is 19.1 Å². The quantitative estimate of drug-likeness (QED) is 0.674. The molecule has 3 aromatic rings. The Morgan fingerprint density at radius 2 is 2.08 bits per heavy atom. The predicted molar refractivity (Wildman–Crippen MR) is 90.7 cm³/mol. The van der Waals surface area contributed by atoms with Crippen LogP contribution in [-0.2, 0) is 4.79 Å². The molecule has 0 unspecified atom stereocenters. The molecule has 24 heavy (non-hydrogen) atoms. The minimum Gasteiger partial charge on any atom is -0.411 e. The molecule has 0 saturated heterocycles. The van der Waals surface area contributed by atoms with Crippen LogP contribution in [0.2, 0.25) is 0 Å². The van der Waals surface area contributed by atoms with E-state index in [0.29, 0.717) is 11.4 Å². The van der Waals surface area contributed by atoms with Gasteiger partial charge < -0.3 is 15.9 Å². The summed E-state index contributed by atoms with van der Waals surface area (Å²) in [5.41, 5.74) is 15.0. The van der Waals surface area contributed by atoms with Crippen LogP contribution in [0, 0.1) is 13.8 Å². The topological polar surface area (TPSA) is 126 Å². The van der Waals surface area contributed by atoms with Gasteiger partial charge in [-0.2, -0.15) is 5.10 Å². The summed E-state index contributed by atoms with van der Waals surface area (Å²) in [6, 6.07) is 5.96. The van der Waals surface area contributed by atoms with Crippen molar-refractivity contribution in [1.29, 1.82) is 0 Å². The molecule has 0 aliphatic rings. The first-order chi connectivity index (χ1) is 11.5. The van der Waals surface area contributed by atoms with Crippen LogP contribution < -0.4 is 11.5 Å². The molecule has 0 saturated carbocycles. The zero-order valence-corrected chi connectivity index (χ0v) is 14.0. The van der Waals surface area contributed by atoms with E-state index in [0.717, 1.165) is 23.0 Å². The van der Waals surface area contributed by atoms with Crippen molar-refractivity contribution in [3.05, 3.63) is 35.5 Å². The Morgan fingerprint density at radius 1 is 1.29 bits per heavy atom. The standard InChI is InChI=1S/C15H16N6O2S/c1-8-3-4-10(5-9(8)2)21-13(17)11(6-18-21)14-19-20-15(23-14)24-7-12(16)22/h3-6H,7,17H2,1-2H3,(H2,16,22). The lowest BCUT2D eigenvalue weighted by molar-refractivity contribution is -0.115. The van der Waals surface area contributed by atoms with E-state index in [-0.39, 0.29) is 16.9 Å². The van der Waals surface area contributed by atoms with Crippen molar-refractivity contribution in [1.82, 2.24) is 20.0 Å². The molecule has 2 heterocycles. The highest BCUT2D eigenvalue weighted by Gasteiger charge is 2.17. The summed E-state index contributed by atoms with van der Waals surface area (Å²) in [5.74, 6) is 0.253. The number of benzene rings is 1. The van der Waals surface area contributed by atoms with Crippen molar-refractivity contribution in [2.75, 3.05) is 11.5 Å². The molecule has 0 spiro atoms. The molecular formula is C15H16N6O2S. The average molecular weight is 344 g/mol. The highest BCUT2D eigenvalue weighted by molar-refractivity contribution is 7.99. The van der Waals surface area contributed by atoms with Gasteiger partial charge in [0.1, 0.15) is 11.4 Å². The number of hydrogen-bond donors (Lipinski definition) is 2. The first-order valence-corrected chi connectivity index (χ1v) is 8.10. The minimum atomic E-state index is -0.457. The van der Waals surface area contributed by atoms with E-state index in [1.807, 2.05) is 32.0 Å². The first-order valence-electron chi connectivity index (χ1n) is 7.12. The average Bonchev–Trinajstić information content (AvgIpc) is 3.14. The monoisotopic (exact) mass is 344 g/mol. The number of aromatic nitrogens is 4. The fraction of sp³-hybridized carbons (Fsp3) is 0.200. The molecule has 8 nitrogen and oxygen atoms in total. The number of primary amides is 1. The summed E-state index contributed by atoms with van der Waals surface area (Å²) in [7, 11) is 0. The fourth-order valence-corrected chi connectivity index (χ4v) is 2.60. The van der Waals surface area contributed by atoms with Crippen molar-refractivity contribution < 1.29 is 9.21 Å². The highest BCUT2D eigenvalue weighted by atomic mass is 32.2. The number of rotatable bonds is 5. The number of nitrogens with zero attached hydrogens (tertiary/aromatic N) is 4. The number of hydrogen-bond acceptors (Lipinski definition) is 7. The van der Waals surface area contributed by atoms with Crippen molar-refractivity contribution >= 4 is 23.5 Å². The van der Waals surface area contributed by atoms with E-state index in [1.165, 1.54) is 5.56 Å². The summed E-state index contributed by atoms with van der Waals surface area (Å²) >= 11 is 1.07. The molecule has 0 radical (unpaired) electrons. The third-order valence-corrected chi connectivity index (χ3v) is 4.36. The van der Waals surface area contributed by atoms with Gasteiger partial charge in [0.05, 0.1) is 17.6 Å². The molecule has 4 N–H and O–H groups in total. The lowest BCUT2D eigenvalue weighted by Gasteiger charge is -2.07. The van der Waals surface area contributed by atoms with Crippen LogP contribution in [-0.4, -0.2) is 31.6 Å². The van der Waals surface area contributed by atoms with Crippen LogP contribution in [0.4, 0.5) is 5.82 Å². The Bertz CT molecular complexity index is 901. The number of thioether (sulfide) groups is 1. The Hall–Kier alpha value is -2.81. The van der Waals surface area contributed by atoms with Crippen LogP contribution in [0.3, 0.4) is 0 Å². The SMILES string of the molecule is Cc1ccc(-n2ncc(-c3nnc(SCC(N)=O)o3)c2N)cc1C. The van der Waals surface area contributed by atoms with Crippen molar-refractivity contribution in [2.24, 2.45) is 5.73 Å². The highest BCUT2D eigenvalue weighted by Crippen LogP contribution is 2.29. The maximum atomic E-state index is 10.8. The first kappa shape index (κ1) is 16.1. The number of carbonyl (C=O) groups is 1. The van der Waals surface area contributed by atoms with Crippen LogP contribution in [0.25, 0.3) is 17.1 Å². The van der Waals surface area contributed by atoms with Crippen LogP contribution >= 0.6 is 11.8 Å². The van der Waals surface area contributed by atoms with Gasteiger partial charge in [0, 0.05) is 0 Å². The Kier molecular flexibility index (Phi) is 4.26. The maximum absolute atomic E-state index is 10.8.